The number of para-hydroxylation sites is 1. The molecule has 0 saturated heterocycles. The average Bonchev–Trinajstić information content (AvgIpc) is 2.73. The zero-order valence-corrected chi connectivity index (χ0v) is 9.41. The fraction of sp³-hybridized carbons (Fsp3) is 0.385. The lowest BCUT2D eigenvalue weighted by Gasteiger charge is -2.02. The van der Waals surface area contributed by atoms with Gasteiger partial charge in [-0.25, -0.2) is 0 Å². The van der Waals surface area contributed by atoms with Crippen LogP contribution < -0.4 is 11.1 Å². The Balaban J connectivity index is 1.89. The lowest BCUT2D eigenvalue weighted by Crippen LogP contribution is -2.20. The van der Waals surface area contributed by atoms with Gasteiger partial charge in [0.1, 0.15) is 5.58 Å². The molecule has 0 aliphatic rings. The average molecular weight is 218 g/mol. The van der Waals surface area contributed by atoms with Gasteiger partial charge in [-0.2, -0.15) is 0 Å². The molecular formula is C13H18N2O. The van der Waals surface area contributed by atoms with Gasteiger partial charge in [0.15, 0.2) is 0 Å². The maximum absolute atomic E-state index is 5.48. The first-order valence-electron chi connectivity index (χ1n) is 5.77. The van der Waals surface area contributed by atoms with Gasteiger partial charge in [-0.1, -0.05) is 18.2 Å². The minimum atomic E-state index is 0.752. The molecule has 3 N–H and O–H groups in total. The fourth-order valence-corrected chi connectivity index (χ4v) is 1.80. The van der Waals surface area contributed by atoms with Gasteiger partial charge in [-0.3, -0.25) is 0 Å². The second kappa shape index (κ2) is 5.68. The molecule has 0 atom stereocenters. The van der Waals surface area contributed by atoms with Crippen LogP contribution >= 0.6 is 0 Å². The molecule has 0 radical (unpaired) electrons. The number of hydrogen-bond acceptors (Lipinski definition) is 3. The summed E-state index contributed by atoms with van der Waals surface area (Å²) in [6.45, 7) is 2.72. The molecule has 0 spiro atoms. The lowest BCUT2D eigenvalue weighted by atomic mass is 10.1. The molecular weight excluding hydrogens is 200 g/mol. The van der Waals surface area contributed by atoms with E-state index in [1.807, 2.05) is 24.5 Å². The molecule has 0 amide bonds. The largest absolute Gasteiger partial charge is 0.464 e. The third-order valence-electron chi connectivity index (χ3n) is 2.69. The number of rotatable bonds is 6. The molecule has 16 heavy (non-hydrogen) atoms. The SMILES string of the molecule is NCCCNCCc1coc2ccccc12. The van der Waals surface area contributed by atoms with E-state index in [0.29, 0.717) is 0 Å². The van der Waals surface area contributed by atoms with Gasteiger partial charge in [0.05, 0.1) is 6.26 Å². The molecule has 86 valence electrons. The number of hydrogen-bond donors (Lipinski definition) is 2. The molecule has 1 aromatic carbocycles. The normalized spacial score (nSPS) is 11.1. The molecule has 1 heterocycles. The second-order valence-electron chi connectivity index (χ2n) is 3.90. The highest BCUT2D eigenvalue weighted by Crippen LogP contribution is 2.20. The number of fused-ring (bicyclic) bond motifs is 1. The van der Waals surface area contributed by atoms with Gasteiger partial charge in [0.25, 0.3) is 0 Å². The number of nitrogens with one attached hydrogen (secondary N) is 1. The quantitative estimate of drug-likeness (QED) is 0.728. The predicted octanol–water partition coefficient (Wildman–Crippen LogP) is 1.91. The van der Waals surface area contributed by atoms with Crippen LogP contribution in [0.15, 0.2) is 34.9 Å². The molecule has 0 unspecified atom stereocenters. The monoisotopic (exact) mass is 218 g/mol. The Kier molecular flexibility index (Phi) is 3.97. The van der Waals surface area contributed by atoms with Crippen molar-refractivity contribution in [2.24, 2.45) is 5.73 Å². The van der Waals surface area contributed by atoms with Gasteiger partial charge in [-0.15, -0.1) is 0 Å². The summed E-state index contributed by atoms with van der Waals surface area (Å²) in [5, 5.41) is 4.59. The summed E-state index contributed by atoms with van der Waals surface area (Å²) >= 11 is 0. The van der Waals surface area contributed by atoms with E-state index in [1.165, 1.54) is 10.9 Å². The zero-order chi connectivity index (χ0) is 11.2. The smallest absolute Gasteiger partial charge is 0.134 e. The van der Waals surface area contributed by atoms with Crippen molar-refractivity contribution in [2.75, 3.05) is 19.6 Å². The first-order valence-corrected chi connectivity index (χ1v) is 5.77. The van der Waals surface area contributed by atoms with Crippen LogP contribution in [0, 0.1) is 0 Å². The summed E-state index contributed by atoms with van der Waals surface area (Å²) in [6.07, 6.45) is 3.89. The number of nitrogens with two attached hydrogens (primary N) is 1. The summed E-state index contributed by atoms with van der Waals surface area (Å²) in [7, 11) is 0. The molecule has 0 aliphatic heterocycles. The number of benzene rings is 1. The molecule has 3 heteroatoms. The maximum Gasteiger partial charge on any atom is 0.134 e. The fourth-order valence-electron chi connectivity index (χ4n) is 1.80. The Bertz CT molecular complexity index is 436. The molecule has 2 aromatic rings. The minimum Gasteiger partial charge on any atom is -0.464 e. The van der Waals surface area contributed by atoms with Crippen molar-refractivity contribution in [1.82, 2.24) is 5.32 Å². The lowest BCUT2D eigenvalue weighted by molar-refractivity contribution is 0.604. The standard InChI is InChI=1S/C13H18N2O/c14-7-3-8-15-9-6-11-10-16-13-5-2-1-4-12(11)13/h1-2,4-5,10,15H,3,6-9,14H2. The van der Waals surface area contributed by atoms with E-state index in [2.05, 4.69) is 11.4 Å². The Labute approximate surface area is 95.6 Å². The first-order chi connectivity index (χ1) is 7.92. The molecule has 1 aromatic heterocycles. The van der Waals surface area contributed by atoms with Crippen LogP contribution in [0.3, 0.4) is 0 Å². The Morgan fingerprint density at radius 1 is 1.19 bits per heavy atom. The summed E-state index contributed by atoms with van der Waals surface area (Å²) in [5.41, 5.74) is 7.67. The molecule has 0 bridgehead atoms. The highest BCUT2D eigenvalue weighted by molar-refractivity contribution is 5.80. The number of furan rings is 1. The second-order valence-corrected chi connectivity index (χ2v) is 3.90. The van der Waals surface area contributed by atoms with Crippen molar-refractivity contribution in [2.45, 2.75) is 12.8 Å². The van der Waals surface area contributed by atoms with E-state index in [0.717, 1.165) is 38.1 Å². The first kappa shape index (κ1) is 11.2. The van der Waals surface area contributed by atoms with Crippen LogP contribution in [0.5, 0.6) is 0 Å². The molecule has 0 aliphatic carbocycles. The molecule has 0 fully saturated rings. The van der Waals surface area contributed by atoms with Crippen molar-refractivity contribution < 1.29 is 4.42 Å². The van der Waals surface area contributed by atoms with Crippen LogP contribution in [-0.2, 0) is 6.42 Å². The van der Waals surface area contributed by atoms with E-state index in [-0.39, 0.29) is 0 Å². The van der Waals surface area contributed by atoms with Crippen molar-refractivity contribution in [3.63, 3.8) is 0 Å². The van der Waals surface area contributed by atoms with Crippen molar-refractivity contribution in [1.29, 1.82) is 0 Å². The van der Waals surface area contributed by atoms with Gasteiger partial charge < -0.3 is 15.5 Å². The predicted molar refractivity (Wildman–Crippen MR) is 66.5 cm³/mol. The van der Waals surface area contributed by atoms with Gasteiger partial charge >= 0.3 is 0 Å². The van der Waals surface area contributed by atoms with Crippen molar-refractivity contribution in [3.8, 4) is 0 Å². The van der Waals surface area contributed by atoms with Gasteiger partial charge in [-0.05, 0) is 44.1 Å². The molecule has 2 rings (SSSR count). The Morgan fingerprint density at radius 2 is 2.06 bits per heavy atom. The highest BCUT2D eigenvalue weighted by Gasteiger charge is 2.03. The summed E-state index contributed by atoms with van der Waals surface area (Å²) in [5.74, 6) is 0. The molecule has 3 nitrogen and oxygen atoms in total. The third kappa shape index (κ3) is 2.62. The van der Waals surface area contributed by atoms with Crippen LogP contribution in [0.2, 0.25) is 0 Å². The topological polar surface area (TPSA) is 51.2 Å². The highest BCUT2D eigenvalue weighted by atomic mass is 16.3. The maximum atomic E-state index is 5.48. The third-order valence-corrected chi connectivity index (χ3v) is 2.69. The summed E-state index contributed by atoms with van der Waals surface area (Å²) in [4.78, 5) is 0. The minimum absolute atomic E-state index is 0.752. The van der Waals surface area contributed by atoms with Crippen LogP contribution in [-0.4, -0.2) is 19.6 Å². The summed E-state index contributed by atoms with van der Waals surface area (Å²) in [6, 6.07) is 8.15. The van der Waals surface area contributed by atoms with E-state index in [4.69, 9.17) is 10.2 Å². The Morgan fingerprint density at radius 3 is 2.94 bits per heavy atom. The van der Waals surface area contributed by atoms with Crippen LogP contribution in [0.1, 0.15) is 12.0 Å². The van der Waals surface area contributed by atoms with E-state index in [1.54, 1.807) is 0 Å². The Hall–Kier alpha value is -1.32. The van der Waals surface area contributed by atoms with Crippen LogP contribution in [0.25, 0.3) is 11.0 Å². The summed E-state index contributed by atoms with van der Waals surface area (Å²) < 4.78 is 5.48. The van der Waals surface area contributed by atoms with Crippen molar-refractivity contribution >= 4 is 11.0 Å². The van der Waals surface area contributed by atoms with E-state index >= 15 is 0 Å². The van der Waals surface area contributed by atoms with Crippen LogP contribution in [0.4, 0.5) is 0 Å². The molecule has 0 saturated carbocycles. The van der Waals surface area contributed by atoms with Crippen molar-refractivity contribution in [3.05, 3.63) is 36.1 Å². The van der Waals surface area contributed by atoms with Gasteiger partial charge in [0.2, 0.25) is 0 Å². The van der Waals surface area contributed by atoms with Gasteiger partial charge in [0, 0.05) is 5.39 Å². The zero-order valence-electron chi connectivity index (χ0n) is 9.41. The van der Waals surface area contributed by atoms with E-state index < -0.39 is 0 Å². The van der Waals surface area contributed by atoms with E-state index in [9.17, 15) is 0 Å².